The molecule has 0 fully saturated rings. The van der Waals surface area contributed by atoms with Crippen molar-refractivity contribution in [1.29, 1.82) is 0 Å². The van der Waals surface area contributed by atoms with Crippen molar-refractivity contribution < 1.29 is 28.6 Å². The van der Waals surface area contributed by atoms with Crippen molar-refractivity contribution in [3.05, 3.63) is 57.6 Å². The number of nitrogens with one attached hydrogen (secondary N) is 2. The van der Waals surface area contributed by atoms with Gasteiger partial charge in [0, 0.05) is 23.2 Å². The van der Waals surface area contributed by atoms with Crippen molar-refractivity contribution in [2.24, 2.45) is 0 Å². The number of carbonyl (C=O) groups is 3. The second kappa shape index (κ2) is 11.6. The average Bonchev–Trinajstić information content (AvgIpc) is 3.04. The predicted molar refractivity (Wildman–Crippen MR) is 125 cm³/mol. The van der Waals surface area contributed by atoms with Crippen LogP contribution in [0.4, 0.5) is 5.69 Å². The molecule has 1 aliphatic heterocycles. The molecule has 2 N–H and O–H groups in total. The van der Waals surface area contributed by atoms with Gasteiger partial charge in [0.05, 0.1) is 24.8 Å². The number of anilines is 1. The Morgan fingerprint density at radius 1 is 1.09 bits per heavy atom. The van der Waals surface area contributed by atoms with E-state index in [0.29, 0.717) is 46.0 Å². The topological polar surface area (TPSA) is 103 Å². The highest BCUT2D eigenvalue weighted by molar-refractivity contribution is 6.32. The van der Waals surface area contributed by atoms with Crippen molar-refractivity contribution in [2.75, 3.05) is 31.7 Å². The smallest absolute Gasteiger partial charge is 0.331 e. The van der Waals surface area contributed by atoms with Crippen molar-refractivity contribution in [1.82, 2.24) is 5.32 Å². The predicted octanol–water partition coefficient (Wildman–Crippen LogP) is 3.77. The standard InChI is InChI=1S/C23H22Cl2N2O6/c1-14-16(24)4-2-5-18(14)27-20(28)12-26-21(29)13-33-22(30)7-6-15-10-17(25)23-19(11-15)31-8-3-9-32-23/h2,4-7,10-11H,3,8-9,12-13H2,1H3,(H,26,29)(H,27,28). The Hall–Kier alpha value is -3.23. The van der Waals surface area contributed by atoms with Gasteiger partial charge in [-0.2, -0.15) is 0 Å². The molecule has 3 rings (SSSR count). The van der Waals surface area contributed by atoms with Gasteiger partial charge in [0.25, 0.3) is 5.91 Å². The summed E-state index contributed by atoms with van der Waals surface area (Å²) in [6, 6.07) is 8.44. The number of halogens is 2. The number of hydrogen-bond acceptors (Lipinski definition) is 6. The van der Waals surface area contributed by atoms with Gasteiger partial charge in [-0.1, -0.05) is 29.3 Å². The Bertz CT molecular complexity index is 1090. The Kier molecular flexibility index (Phi) is 8.57. The lowest BCUT2D eigenvalue weighted by Gasteiger charge is -2.10. The van der Waals surface area contributed by atoms with Gasteiger partial charge in [-0.25, -0.2) is 4.79 Å². The summed E-state index contributed by atoms with van der Waals surface area (Å²) in [6.45, 7) is 1.97. The quantitative estimate of drug-likeness (QED) is 0.450. The number of ether oxygens (including phenoxy) is 3. The van der Waals surface area contributed by atoms with E-state index in [0.717, 1.165) is 18.1 Å². The molecule has 0 radical (unpaired) electrons. The highest BCUT2D eigenvalue weighted by Gasteiger charge is 2.15. The molecular weight excluding hydrogens is 471 g/mol. The number of benzene rings is 2. The van der Waals surface area contributed by atoms with Crippen LogP contribution >= 0.6 is 23.2 Å². The lowest BCUT2D eigenvalue weighted by atomic mass is 10.2. The maximum atomic E-state index is 12.0. The Morgan fingerprint density at radius 2 is 1.88 bits per heavy atom. The molecular formula is C23H22Cl2N2O6. The molecule has 174 valence electrons. The minimum absolute atomic E-state index is 0.284. The first-order valence-electron chi connectivity index (χ1n) is 10.1. The molecule has 2 amide bonds. The molecule has 0 atom stereocenters. The SMILES string of the molecule is Cc1c(Cl)cccc1NC(=O)CNC(=O)COC(=O)C=Cc1cc(Cl)c2c(c1)OCCCO2. The van der Waals surface area contributed by atoms with Crippen LogP contribution in [-0.4, -0.2) is 44.1 Å². The summed E-state index contributed by atoms with van der Waals surface area (Å²) in [5.74, 6) is -0.814. The monoisotopic (exact) mass is 492 g/mol. The molecule has 33 heavy (non-hydrogen) atoms. The van der Waals surface area contributed by atoms with Gasteiger partial charge in [-0.05, 0) is 48.4 Å². The van der Waals surface area contributed by atoms with E-state index >= 15 is 0 Å². The fourth-order valence-corrected chi connectivity index (χ4v) is 3.31. The van der Waals surface area contributed by atoms with Gasteiger partial charge < -0.3 is 24.8 Å². The molecule has 0 unspecified atom stereocenters. The first kappa shape index (κ1) is 24.4. The fourth-order valence-electron chi connectivity index (χ4n) is 2.86. The van der Waals surface area contributed by atoms with Crippen LogP contribution in [0.2, 0.25) is 10.0 Å². The van der Waals surface area contributed by atoms with Crippen LogP contribution in [0, 0.1) is 6.92 Å². The first-order valence-corrected chi connectivity index (χ1v) is 10.8. The molecule has 0 saturated heterocycles. The summed E-state index contributed by atoms with van der Waals surface area (Å²) in [6.07, 6.45) is 3.39. The molecule has 1 aliphatic rings. The Morgan fingerprint density at radius 3 is 2.70 bits per heavy atom. The van der Waals surface area contributed by atoms with Gasteiger partial charge in [0.15, 0.2) is 18.1 Å². The van der Waals surface area contributed by atoms with Crippen molar-refractivity contribution in [3.8, 4) is 11.5 Å². The van der Waals surface area contributed by atoms with Gasteiger partial charge in [-0.3, -0.25) is 9.59 Å². The fraction of sp³-hybridized carbons (Fsp3) is 0.261. The maximum absolute atomic E-state index is 12.0. The molecule has 1 heterocycles. The van der Waals surface area contributed by atoms with Gasteiger partial charge in [0.1, 0.15) is 0 Å². The largest absolute Gasteiger partial charge is 0.489 e. The maximum Gasteiger partial charge on any atom is 0.331 e. The highest BCUT2D eigenvalue weighted by Crippen LogP contribution is 2.38. The number of hydrogen-bond donors (Lipinski definition) is 2. The number of rotatable bonds is 7. The van der Waals surface area contributed by atoms with Crippen LogP contribution in [0.3, 0.4) is 0 Å². The van der Waals surface area contributed by atoms with Gasteiger partial charge in [-0.15, -0.1) is 0 Å². The van der Waals surface area contributed by atoms with Gasteiger partial charge >= 0.3 is 5.97 Å². The third kappa shape index (κ3) is 7.13. The van der Waals surface area contributed by atoms with Crippen LogP contribution in [0.15, 0.2) is 36.4 Å². The van der Waals surface area contributed by atoms with Crippen molar-refractivity contribution >= 4 is 52.7 Å². The lowest BCUT2D eigenvalue weighted by Crippen LogP contribution is -2.35. The number of amides is 2. The highest BCUT2D eigenvalue weighted by atomic mass is 35.5. The number of fused-ring (bicyclic) bond motifs is 1. The number of carbonyl (C=O) groups excluding carboxylic acids is 3. The molecule has 0 aliphatic carbocycles. The summed E-state index contributed by atoms with van der Waals surface area (Å²) in [4.78, 5) is 35.8. The molecule has 2 aromatic rings. The second-order valence-corrected chi connectivity index (χ2v) is 7.87. The molecule has 8 nitrogen and oxygen atoms in total. The first-order chi connectivity index (χ1) is 15.8. The molecule has 0 spiro atoms. The van der Waals surface area contributed by atoms with Crippen LogP contribution in [0.25, 0.3) is 6.08 Å². The Balaban J connectivity index is 1.44. The summed E-state index contributed by atoms with van der Waals surface area (Å²) in [5, 5.41) is 5.92. The van der Waals surface area contributed by atoms with E-state index in [1.165, 1.54) is 6.08 Å². The van der Waals surface area contributed by atoms with E-state index in [1.54, 1.807) is 37.3 Å². The molecule has 10 heteroatoms. The molecule has 0 bridgehead atoms. The third-order valence-electron chi connectivity index (χ3n) is 4.57. The summed E-state index contributed by atoms with van der Waals surface area (Å²) in [7, 11) is 0. The normalized spacial score (nSPS) is 12.7. The van der Waals surface area contributed by atoms with Crippen LogP contribution in [-0.2, 0) is 19.1 Å². The zero-order valence-corrected chi connectivity index (χ0v) is 19.3. The van der Waals surface area contributed by atoms with E-state index in [4.69, 9.17) is 37.4 Å². The minimum Gasteiger partial charge on any atom is -0.489 e. The summed E-state index contributed by atoms with van der Waals surface area (Å²) >= 11 is 12.2. The zero-order chi connectivity index (χ0) is 23.8. The molecule has 0 saturated carbocycles. The second-order valence-electron chi connectivity index (χ2n) is 7.06. The number of esters is 1. The van der Waals surface area contributed by atoms with Crippen molar-refractivity contribution in [2.45, 2.75) is 13.3 Å². The minimum atomic E-state index is -0.729. The van der Waals surface area contributed by atoms with E-state index in [1.807, 2.05) is 0 Å². The van der Waals surface area contributed by atoms with Crippen LogP contribution < -0.4 is 20.1 Å². The van der Waals surface area contributed by atoms with E-state index < -0.39 is 24.4 Å². The van der Waals surface area contributed by atoms with Crippen LogP contribution in [0.5, 0.6) is 11.5 Å². The van der Waals surface area contributed by atoms with E-state index in [9.17, 15) is 14.4 Å². The molecule has 2 aromatic carbocycles. The van der Waals surface area contributed by atoms with Crippen molar-refractivity contribution in [3.63, 3.8) is 0 Å². The van der Waals surface area contributed by atoms with Crippen LogP contribution in [0.1, 0.15) is 17.5 Å². The van der Waals surface area contributed by atoms with E-state index in [-0.39, 0.29) is 6.54 Å². The average molecular weight is 493 g/mol. The van der Waals surface area contributed by atoms with E-state index in [2.05, 4.69) is 10.6 Å². The lowest BCUT2D eigenvalue weighted by molar-refractivity contribution is -0.143. The third-order valence-corrected chi connectivity index (χ3v) is 5.26. The summed E-state index contributed by atoms with van der Waals surface area (Å²) < 4.78 is 16.1. The summed E-state index contributed by atoms with van der Waals surface area (Å²) in [5.41, 5.74) is 1.88. The van der Waals surface area contributed by atoms with Gasteiger partial charge in [0.2, 0.25) is 5.91 Å². The zero-order valence-electron chi connectivity index (χ0n) is 17.8. The molecule has 0 aromatic heterocycles. The Labute approximate surface area is 200 Å².